The maximum atomic E-state index is 12.9. The first kappa shape index (κ1) is 24.3. The van der Waals surface area contributed by atoms with Gasteiger partial charge in [-0.25, -0.2) is 9.67 Å². The Balaban J connectivity index is 1.81. The summed E-state index contributed by atoms with van der Waals surface area (Å²) in [5.74, 6) is -0.479. The fourth-order valence-corrected chi connectivity index (χ4v) is 4.23. The molecule has 0 bridgehead atoms. The van der Waals surface area contributed by atoms with Crippen LogP contribution in [0.2, 0.25) is 0 Å². The number of aromatic nitrogens is 3. The summed E-state index contributed by atoms with van der Waals surface area (Å²) in [7, 11) is 1.60. The first-order valence-electron chi connectivity index (χ1n) is 10.7. The van der Waals surface area contributed by atoms with E-state index in [1.807, 2.05) is 34.6 Å². The van der Waals surface area contributed by atoms with Gasteiger partial charge in [-0.1, -0.05) is 6.92 Å². The Labute approximate surface area is 197 Å². The Hall–Kier alpha value is -3.33. The highest BCUT2D eigenvalue weighted by Gasteiger charge is 2.22. The maximum Gasteiger partial charge on any atom is 0.277 e. The highest BCUT2D eigenvalue weighted by atomic mass is 32.1. The molecule has 0 unspecified atom stereocenters. The van der Waals surface area contributed by atoms with E-state index in [0.717, 1.165) is 17.7 Å². The van der Waals surface area contributed by atoms with Crippen molar-refractivity contribution in [1.29, 1.82) is 0 Å². The van der Waals surface area contributed by atoms with Gasteiger partial charge in [0.25, 0.3) is 17.4 Å². The van der Waals surface area contributed by atoms with Gasteiger partial charge in [0.1, 0.15) is 9.88 Å². The molecule has 33 heavy (non-hydrogen) atoms. The molecular formula is C24H29N5O3S. The molecule has 0 saturated heterocycles. The first-order valence-corrected chi connectivity index (χ1v) is 11.5. The molecule has 0 atom stereocenters. The number of amides is 2. The molecule has 1 aromatic carbocycles. The van der Waals surface area contributed by atoms with Crippen molar-refractivity contribution in [1.82, 2.24) is 20.1 Å². The summed E-state index contributed by atoms with van der Waals surface area (Å²) < 4.78 is 1.29. The van der Waals surface area contributed by atoms with E-state index >= 15 is 0 Å². The summed E-state index contributed by atoms with van der Waals surface area (Å²) in [6, 6.07) is 6.73. The highest BCUT2D eigenvalue weighted by Crippen LogP contribution is 2.29. The molecule has 0 radical (unpaired) electrons. The molecule has 2 heterocycles. The summed E-state index contributed by atoms with van der Waals surface area (Å²) in [5, 5.41) is 10.5. The largest absolute Gasteiger partial charge is 0.347 e. The minimum Gasteiger partial charge on any atom is -0.347 e. The van der Waals surface area contributed by atoms with E-state index in [0.29, 0.717) is 32.4 Å². The number of benzene rings is 1. The average molecular weight is 468 g/mol. The van der Waals surface area contributed by atoms with Gasteiger partial charge >= 0.3 is 0 Å². The lowest BCUT2D eigenvalue weighted by Crippen LogP contribution is -2.42. The monoisotopic (exact) mass is 467 g/mol. The predicted molar refractivity (Wildman–Crippen MR) is 131 cm³/mol. The van der Waals surface area contributed by atoms with Crippen molar-refractivity contribution in [3.05, 3.63) is 62.0 Å². The number of carbonyl (C=O) groups excluding carboxylic acids is 2. The van der Waals surface area contributed by atoms with E-state index < -0.39 is 0 Å². The van der Waals surface area contributed by atoms with Gasteiger partial charge < -0.3 is 10.6 Å². The highest BCUT2D eigenvalue weighted by molar-refractivity contribution is 7.17. The van der Waals surface area contributed by atoms with Gasteiger partial charge in [-0.3, -0.25) is 14.4 Å². The molecule has 2 N–H and O–H groups in total. The summed E-state index contributed by atoms with van der Waals surface area (Å²) in [6.07, 6.45) is 0.813. The van der Waals surface area contributed by atoms with Gasteiger partial charge in [-0.15, -0.1) is 11.3 Å². The van der Waals surface area contributed by atoms with Crippen molar-refractivity contribution in [3.8, 4) is 10.6 Å². The number of hydrogen-bond acceptors (Lipinski definition) is 6. The zero-order valence-corrected chi connectivity index (χ0v) is 20.8. The van der Waals surface area contributed by atoms with Crippen LogP contribution in [0.15, 0.2) is 29.1 Å². The summed E-state index contributed by atoms with van der Waals surface area (Å²) in [4.78, 5) is 42.9. The number of carbonyl (C=O) groups is 2. The van der Waals surface area contributed by atoms with Gasteiger partial charge in [0.15, 0.2) is 0 Å². The minimum atomic E-state index is -0.319. The van der Waals surface area contributed by atoms with Crippen molar-refractivity contribution >= 4 is 28.8 Å². The first-order chi connectivity index (χ1) is 15.4. The molecule has 2 amide bonds. The molecule has 0 fully saturated rings. The van der Waals surface area contributed by atoms with Crippen molar-refractivity contribution in [2.45, 2.75) is 53.5 Å². The van der Waals surface area contributed by atoms with Crippen LogP contribution in [0.25, 0.3) is 10.6 Å². The fourth-order valence-electron chi connectivity index (χ4n) is 3.18. The molecule has 0 aliphatic carbocycles. The fraction of sp³-hybridized carbons (Fsp3) is 0.375. The molecule has 9 heteroatoms. The van der Waals surface area contributed by atoms with E-state index in [1.165, 1.54) is 16.0 Å². The van der Waals surface area contributed by atoms with Gasteiger partial charge in [-0.05, 0) is 70.9 Å². The molecule has 0 aliphatic rings. The molecule has 2 aromatic heterocycles. The number of rotatable bonds is 6. The lowest BCUT2D eigenvalue weighted by atomic mass is 10.0. The molecule has 3 aromatic rings. The summed E-state index contributed by atoms with van der Waals surface area (Å²) in [6.45, 7) is 11.4. The molecule has 0 aliphatic heterocycles. The van der Waals surface area contributed by atoms with Crippen LogP contribution in [0.3, 0.4) is 0 Å². The van der Waals surface area contributed by atoms with Crippen LogP contribution in [0.5, 0.6) is 0 Å². The van der Waals surface area contributed by atoms with Crippen LogP contribution < -0.4 is 16.2 Å². The Morgan fingerprint density at radius 1 is 1.06 bits per heavy atom. The number of anilines is 1. The van der Waals surface area contributed by atoms with Crippen molar-refractivity contribution in [2.24, 2.45) is 7.05 Å². The van der Waals surface area contributed by atoms with Crippen LogP contribution in [0, 0.1) is 20.8 Å². The van der Waals surface area contributed by atoms with Gasteiger partial charge in [-0.2, -0.15) is 5.10 Å². The third kappa shape index (κ3) is 5.19. The zero-order chi connectivity index (χ0) is 24.5. The number of thiazole rings is 1. The normalized spacial score (nSPS) is 11.4. The van der Waals surface area contributed by atoms with Crippen LogP contribution in [0.4, 0.5) is 5.69 Å². The summed E-state index contributed by atoms with van der Waals surface area (Å²) >= 11 is 1.17. The topological polar surface area (TPSA) is 106 Å². The molecule has 0 spiro atoms. The lowest BCUT2D eigenvalue weighted by Gasteiger charge is -2.24. The van der Waals surface area contributed by atoms with Crippen LogP contribution in [-0.2, 0) is 7.05 Å². The number of nitrogens with zero attached hydrogens (tertiary/aromatic N) is 3. The second kappa shape index (κ2) is 9.27. The molecule has 174 valence electrons. The number of hydrogen-bond donors (Lipinski definition) is 2. The Kier molecular flexibility index (Phi) is 6.83. The van der Waals surface area contributed by atoms with Crippen molar-refractivity contribution in [2.75, 3.05) is 5.32 Å². The molecule has 8 nitrogen and oxygen atoms in total. The van der Waals surface area contributed by atoms with E-state index in [9.17, 15) is 14.4 Å². The zero-order valence-electron chi connectivity index (χ0n) is 20.0. The van der Waals surface area contributed by atoms with Crippen LogP contribution >= 0.6 is 11.3 Å². The van der Waals surface area contributed by atoms with Crippen LogP contribution in [0.1, 0.15) is 64.2 Å². The second-order valence-corrected chi connectivity index (χ2v) is 9.67. The molecular weight excluding hydrogens is 438 g/mol. The quantitative estimate of drug-likeness (QED) is 0.570. The van der Waals surface area contributed by atoms with E-state index in [2.05, 4.69) is 20.7 Å². The van der Waals surface area contributed by atoms with E-state index in [1.54, 1.807) is 38.2 Å². The van der Waals surface area contributed by atoms with E-state index in [-0.39, 0.29) is 22.9 Å². The van der Waals surface area contributed by atoms with Crippen LogP contribution in [-0.4, -0.2) is 32.1 Å². The van der Waals surface area contributed by atoms with Gasteiger partial charge in [0.2, 0.25) is 0 Å². The Bertz CT molecular complexity index is 1270. The third-order valence-corrected chi connectivity index (χ3v) is 6.86. The minimum absolute atomic E-state index is 0.160. The van der Waals surface area contributed by atoms with Gasteiger partial charge in [0.05, 0.1) is 17.0 Å². The summed E-state index contributed by atoms with van der Waals surface area (Å²) in [5.41, 5.74) is 3.02. The SMILES string of the molecule is CCC(C)(C)NC(=O)c1ccc(NC(=O)c2sc(-c3c(C)c(C)nn(C)c3=O)nc2C)cc1. The second-order valence-electron chi connectivity index (χ2n) is 8.67. The van der Waals surface area contributed by atoms with Crippen molar-refractivity contribution in [3.63, 3.8) is 0 Å². The van der Waals surface area contributed by atoms with Gasteiger partial charge in [0, 0.05) is 23.8 Å². The van der Waals surface area contributed by atoms with E-state index in [4.69, 9.17) is 0 Å². The maximum absolute atomic E-state index is 12.9. The number of nitrogens with one attached hydrogen (secondary N) is 2. The smallest absolute Gasteiger partial charge is 0.277 e. The Morgan fingerprint density at radius 2 is 1.70 bits per heavy atom. The lowest BCUT2D eigenvalue weighted by molar-refractivity contribution is 0.0911. The average Bonchev–Trinajstić information content (AvgIpc) is 3.14. The standard InChI is InChI=1S/C24H29N5O3S/c1-8-24(5,6)27-20(30)16-9-11-17(12-10-16)26-21(31)19-15(4)25-22(33-19)18-13(2)14(3)28-29(7)23(18)32/h9-12H,8H2,1-7H3,(H,26,31)(H,27,30). The Morgan fingerprint density at radius 3 is 2.30 bits per heavy atom. The number of aryl methyl sites for hydroxylation is 3. The molecule has 0 saturated carbocycles. The molecule has 3 rings (SSSR count). The predicted octanol–water partition coefficient (Wildman–Crippen LogP) is 4.00. The van der Waals surface area contributed by atoms with Crippen molar-refractivity contribution < 1.29 is 9.59 Å². The third-order valence-electron chi connectivity index (χ3n) is 5.68.